The van der Waals surface area contributed by atoms with Gasteiger partial charge in [-0.1, -0.05) is 19.8 Å². The quantitative estimate of drug-likeness (QED) is 0.815. The summed E-state index contributed by atoms with van der Waals surface area (Å²) in [6.45, 7) is 5.57. The Morgan fingerprint density at radius 1 is 1.26 bits per heavy atom. The number of hydrogen-bond donors (Lipinski definition) is 1. The number of hydrogen-bond acceptors (Lipinski definition) is 3. The van der Waals surface area contributed by atoms with Crippen molar-refractivity contribution in [2.24, 2.45) is 11.8 Å². The zero-order valence-corrected chi connectivity index (χ0v) is 14.5. The molecule has 4 unspecified atom stereocenters. The van der Waals surface area contributed by atoms with Gasteiger partial charge in [-0.3, -0.25) is 9.59 Å². The Morgan fingerprint density at radius 3 is 2.74 bits per heavy atom. The van der Waals surface area contributed by atoms with Crippen LogP contribution in [0.4, 0.5) is 0 Å². The molecule has 0 spiro atoms. The lowest BCUT2D eigenvalue weighted by atomic mass is 9.88. The largest absolute Gasteiger partial charge is 0.481 e. The molecule has 2 fully saturated rings. The minimum Gasteiger partial charge on any atom is -0.481 e. The number of rotatable bonds is 6. The highest BCUT2D eigenvalue weighted by Crippen LogP contribution is 2.27. The van der Waals surface area contributed by atoms with Gasteiger partial charge in [-0.05, 0) is 50.9 Å². The molecule has 0 aromatic heterocycles. The summed E-state index contributed by atoms with van der Waals surface area (Å²) in [6.07, 6.45) is 7.23. The molecule has 0 aromatic rings. The standard InChI is InChI=1S/C18H31NO4/c1-13-5-3-7-16(11-13)23-14(2)18(22)19-10-4-6-15(12-19)8-9-17(20)21/h13-16H,3-12H2,1-2H3,(H,20,21). The first kappa shape index (κ1) is 18.2. The summed E-state index contributed by atoms with van der Waals surface area (Å²) in [7, 11) is 0. The first-order valence-corrected chi connectivity index (χ1v) is 9.11. The van der Waals surface area contributed by atoms with Crippen LogP contribution in [0.5, 0.6) is 0 Å². The number of carbonyl (C=O) groups is 2. The fourth-order valence-electron chi connectivity index (χ4n) is 3.93. The fraction of sp³-hybridized carbons (Fsp3) is 0.889. The van der Waals surface area contributed by atoms with E-state index in [1.807, 2.05) is 11.8 Å². The molecule has 1 saturated carbocycles. The average molecular weight is 325 g/mol. The second-order valence-electron chi connectivity index (χ2n) is 7.40. The number of carboxylic acids is 1. The molecule has 2 rings (SSSR count). The smallest absolute Gasteiger partial charge is 0.303 e. The predicted molar refractivity (Wildman–Crippen MR) is 88.1 cm³/mol. The van der Waals surface area contributed by atoms with E-state index in [0.29, 0.717) is 24.8 Å². The van der Waals surface area contributed by atoms with Gasteiger partial charge in [0.2, 0.25) is 0 Å². The van der Waals surface area contributed by atoms with Crippen molar-refractivity contribution < 1.29 is 19.4 Å². The summed E-state index contributed by atoms with van der Waals surface area (Å²) >= 11 is 0. The second-order valence-corrected chi connectivity index (χ2v) is 7.40. The van der Waals surface area contributed by atoms with E-state index >= 15 is 0 Å². The van der Waals surface area contributed by atoms with Crippen molar-refractivity contribution in [2.75, 3.05) is 13.1 Å². The summed E-state index contributed by atoms with van der Waals surface area (Å²) in [5, 5.41) is 8.81. The monoisotopic (exact) mass is 325 g/mol. The molecule has 23 heavy (non-hydrogen) atoms. The van der Waals surface area contributed by atoms with Gasteiger partial charge in [-0.25, -0.2) is 0 Å². The normalized spacial score (nSPS) is 30.0. The highest BCUT2D eigenvalue weighted by molar-refractivity contribution is 5.80. The maximum Gasteiger partial charge on any atom is 0.303 e. The van der Waals surface area contributed by atoms with E-state index < -0.39 is 5.97 Å². The summed E-state index contributed by atoms with van der Waals surface area (Å²) in [6, 6.07) is 0. The molecule has 0 bridgehead atoms. The minimum absolute atomic E-state index is 0.0725. The maximum absolute atomic E-state index is 12.6. The van der Waals surface area contributed by atoms with Crippen LogP contribution in [0.25, 0.3) is 0 Å². The molecule has 5 nitrogen and oxygen atoms in total. The maximum atomic E-state index is 12.6. The van der Waals surface area contributed by atoms with Gasteiger partial charge >= 0.3 is 5.97 Å². The molecule has 1 saturated heterocycles. The van der Waals surface area contributed by atoms with Crippen molar-refractivity contribution in [2.45, 2.75) is 77.4 Å². The van der Waals surface area contributed by atoms with Crippen LogP contribution >= 0.6 is 0 Å². The third-order valence-corrected chi connectivity index (χ3v) is 5.23. The third-order valence-electron chi connectivity index (χ3n) is 5.23. The molecule has 1 heterocycles. The van der Waals surface area contributed by atoms with Crippen molar-refractivity contribution in [1.29, 1.82) is 0 Å². The number of carboxylic acid groups (broad SMARTS) is 1. The van der Waals surface area contributed by atoms with E-state index in [-0.39, 0.29) is 24.5 Å². The van der Waals surface area contributed by atoms with Gasteiger partial charge in [0.25, 0.3) is 5.91 Å². The Hall–Kier alpha value is -1.10. The Labute approximate surface area is 139 Å². The lowest BCUT2D eigenvalue weighted by Crippen LogP contribution is -2.46. The summed E-state index contributed by atoms with van der Waals surface area (Å²) in [5.41, 5.74) is 0. The zero-order chi connectivity index (χ0) is 16.8. The van der Waals surface area contributed by atoms with Crippen LogP contribution in [-0.2, 0) is 14.3 Å². The molecule has 1 aliphatic heterocycles. The first-order valence-electron chi connectivity index (χ1n) is 9.11. The Bertz CT molecular complexity index is 412. The molecule has 1 aliphatic carbocycles. The van der Waals surface area contributed by atoms with E-state index in [1.165, 1.54) is 12.8 Å². The Balaban J connectivity index is 1.79. The topological polar surface area (TPSA) is 66.8 Å². The van der Waals surface area contributed by atoms with Gasteiger partial charge in [0, 0.05) is 19.5 Å². The lowest BCUT2D eigenvalue weighted by molar-refractivity contribution is -0.149. The molecule has 0 radical (unpaired) electrons. The summed E-state index contributed by atoms with van der Waals surface area (Å²) < 4.78 is 6.02. The van der Waals surface area contributed by atoms with Crippen LogP contribution in [0.2, 0.25) is 0 Å². The van der Waals surface area contributed by atoms with Crippen molar-refractivity contribution >= 4 is 11.9 Å². The first-order chi connectivity index (χ1) is 11.0. The number of aliphatic carboxylic acids is 1. The average Bonchev–Trinajstić information content (AvgIpc) is 2.52. The highest BCUT2D eigenvalue weighted by atomic mass is 16.5. The molecular weight excluding hydrogens is 294 g/mol. The van der Waals surface area contributed by atoms with Gasteiger partial charge in [-0.15, -0.1) is 0 Å². The lowest BCUT2D eigenvalue weighted by Gasteiger charge is -2.35. The number of nitrogens with zero attached hydrogens (tertiary/aromatic N) is 1. The molecule has 1 N–H and O–H groups in total. The molecular formula is C18H31NO4. The van der Waals surface area contributed by atoms with Crippen molar-refractivity contribution in [3.63, 3.8) is 0 Å². The van der Waals surface area contributed by atoms with Gasteiger partial charge in [-0.2, -0.15) is 0 Å². The molecule has 4 atom stereocenters. The van der Waals surface area contributed by atoms with Crippen LogP contribution in [0, 0.1) is 11.8 Å². The number of ether oxygens (including phenoxy) is 1. The number of amides is 1. The molecule has 132 valence electrons. The van der Waals surface area contributed by atoms with Crippen LogP contribution < -0.4 is 0 Å². The molecule has 5 heteroatoms. The highest BCUT2D eigenvalue weighted by Gasteiger charge is 2.30. The van der Waals surface area contributed by atoms with Crippen molar-refractivity contribution in [1.82, 2.24) is 4.90 Å². The van der Waals surface area contributed by atoms with Crippen molar-refractivity contribution in [3.8, 4) is 0 Å². The van der Waals surface area contributed by atoms with E-state index in [9.17, 15) is 9.59 Å². The van der Waals surface area contributed by atoms with Gasteiger partial charge in [0.15, 0.2) is 0 Å². The van der Waals surface area contributed by atoms with Gasteiger partial charge < -0.3 is 14.7 Å². The number of likely N-dealkylation sites (tertiary alicyclic amines) is 1. The second kappa shape index (κ2) is 8.67. The SMILES string of the molecule is CC1CCCC(OC(C)C(=O)N2CCCC(CCC(=O)O)C2)C1. The number of piperidine rings is 1. The summed E-state index contributed by atoms with van der Waals surface area (Å²) in [4.78, 5) is 25.2. The Morgan fingerprint density at radius 2 is 2.04 bits per heavy atom. The third kappa shape index (κ3) is 5.79. The van der Waals surface area contributed by atoms with Crippen molar-refractivity contribution in [3.05, 3.63) is 0 Å². The fourth-order valence-corrected chi connectivity index (χ4v) is 3.93. The number of carbonyl (C=O) groups excluding carboxylic acids is 1. The van der Waals surface area contributed by atoms with E-state index in [2.05, 4.69) is 6.92 Å². The van der Waals surface area contributed by atoms with Crippen LogP contribution in [0.1, 0.15) is 65.2 Å². The predicted octanol–water partition coefficient (Wildman–Crippen LogP) is 3.07. The van der Waals surface area contributed by atoms with E-state index in [4.69, 9.17) is 9.84 Å². The van der Waals surface area contributed by atoms with E-state index in [1.54, 1.807) is 0 Å². The van der Waals surface area contributed by atoms with Gasteiger partial charge in [0.1, 0.15) is 6.10 Å². The zero-order valence-electron chi connectivity index (χ0n) is 14.5. The summed E-state index contributed by atoms with van der Waals surface area (Å²) in [5.74, 6) is 0.317. The molecule has 1 amide bonds. The van der Waals surface area contributed by atoms with Gasteiger partial charge in [0.05, 0.1) is 6.10 Å². The molecule has 0 aromatic carbocycles. The van der Waals surface area contributed by atoms with Crippen LogP contribution in [-0.4, -0.2) is 47.2 Å². The van der Waals surface area contributed by atoms with Crippen LogP contribution in [0.15, 0.2) is 0 Å². The van der Waals surface area contributed by atoms with E-state index in [0.717, 1.165) is 32.2 Å². The minimum atomic E-state index is -0.753. The molecule has 2 aliphatic rings. The Kier molecular flexibility index (Phi) is 6.88. The van der Waals surface area contributed by atoms with Crippen LogP contribution in [0.3, 0.4) is 0 Å².